The van der Waals surface area contributed by atoms with Crippen LogP contribution in [0.15, 0.2) is 42.5 Å². The fourth-order valence-electron chi connectivity index (χ4n) is 1.74. The van der Waals surface area contributed by atoms with Gasteiger partial charge in [0.25, 0.3) is 5.91 Å². The summed E-state index contributed by atoms with van der Waals surface area (Å²) in [6.45, 7) is 0. The van der Waals surface area contributed by atoms with Gasteiger partial charge in [0.2, 0.25) is 0 Å². The summed E-state index contributed by atoms with van der Waals surface area (Å²) >= 11 is 5.96. The first-order valence-electron chi connectivity index (χ1n) is 5.99. The molecule has 0 saturated carbocycles. The monoisotopic (exact) mass is 305 g/mol. The number of benzene rings is 2. The molecule has 0 unspecified atom stereocenters. The zero-order valence-corrected chi connectivity index (χ0v) is 11.8. The number of hydrogen-bond acceptors (Lipinski definition) is 3. The molecular formula is C15H12ClNO4. The van der Waals surface area contributed by atoms with Crippen LogP contribution in [-0.2, 0) is 0 Å². The summed E-state index contributed by atoms with van der Waals surface area (Å²) in [5.41, 5.74) is 0.842. The van der Waals surface area contributed by atoms with Crippen LogP contribution in [0.1, 0.15) is 20.7 Å². The van der Waals surface area contributed by atoms with Crippen LogP contribution in [0.4, 0.5) is 5.69 Å². The SMILES string of the molecule is COc1ccc(C(=O)Nc2cccc(C(=O)O)c2)cc1Cl. The van der Waals surface area contributed by atoms with Gasteiger partial charge < -0.3 is 15.2 Å². The third kappa shape index (κ3) is 3.52. The number of nitrogens with one attached hydrogen (secondary N) is 1. The first-order valence-corrected chi connectivity index (χ1v) is 6.37. The van der Waals surface area contributed by atoms with E-state index in [1.807, 2.05) is 0 Å². The molecule has 6 heteroatoms. The predicted octanol–water partition coefficient (Wildman–Crippen LogP) is 3.30. The van der Waals surface area contributed by atoms with Crippen molar-refractivity contribution in [2.24, 2.45) is 0 Å². The third-order valence-corrected chi connectivity index (χ3v) is 3.08. The standard InChI is InChI=1S/C15H12ClNO4/c1-21-13-6-5-9(8-12(13)16)14(18)17-11-4-2-3-10(7-11)15(19)20/h2-8H,1H3,(H,17,18)(H,19,20). The molecule has 2 rings (SSSR count). The van der Waals surface area contributed by atoms with Crippen LogP contribution in [0.25, 0.3) is 0 Å². The number of ether oxygens (including phenoxy) is 1. The lowest BCUT2D eigenvalue weighted by Gasteiger charge is -2.08. The quantitative estimate of drug-likeness (QED) is 0.908. The molecule has 1 amide bonds. The summed E-state index contributed by atoms with van der Waals surface area (Å²) in [5, 5.41) is 11.9. The molecule has 0 aliphatic heterocycles. The van der Waals surface area contributed by atoms with Gasteiger partial charge in [-0.25, -0.2) is 4.79 Å². The summed E-state index contributed by atoms with van der Waals surface area (Å²) in [6, 6.07) is 10.6. The average molecular weight is 306 g/mol. The molecule has 0 bridgehead atoms. The first kappa shape index (κ1) is 14.9. The third-order valence-electron chi connectivity index (χ3n) is 2.78. The molecule has 0 atom stereocenters. The van der Waals surface area contributed by atoms with E-state index in [0.717, 1.165) is 0 Å². The summed E-state index contributed by atoms with van der Waals surface area (Å²) in [7, 11) is 1.48. The molecule has 0 heterocycles. The maximum atomic E-state index is 12.1. The van der Waals surface area contributed by atoms with Crippen molar-refractivity contribution < 1.29 is 19.4 Å². The number of hydrogen-bond donors (Lipinski definition) is 2. The van der Waals surface area contributed by atoms with Crippen molar-refractivity contribution in [2.45, 2.75) is 0 Å². The summed E-state index contributed by atoms with van der Waals surface area (Å²) in [5.74, 6) is -0.971. The predicted molar refractivity (Wildman–Crippen MR) is 79.4 cm³/mol. The first-order chi connectivity index (χ1) is 10.0. The topological polar surface area (TPSA) is 75.6 Å². The van der Waals surface area contributed by atoms with Crippen LogP contribution in [-0.4, -0.2) is 24.1 Å². The van der Waals surface area contributed by atoms with E-state index in [1.165, 1.54) is 25.3 Å². The number of amides is 1. The molecule has 0 radical (unpaired) electrons. The number of carbonyl (C=O) groups is 2. The zero-order valence-electron chi connectivity index (χ0n) is 11.1. The molecule has 2 N–H and O–H groups in total. The Kier molecular flexibility index (Phi) is 4.45. The van der Waals surface area contributed by atoms with Crippen molar-refractivity contribution in [3.8, 4) is 5.75 Å². The van der Waals surface area contributed by atoms with Crippen molar-refractivity contribution in [2.75, 3.05) is 12.4 Å². The van der Waals surface area contributed by atoms with Gasteiger partial charge >= 0.3 is 5.97 Å². The number of methoxy groups -OCH3 is 1. The number of rotatable bonds is 4. The molecule has 2 aromatic carbocycles. The van der Waals surface area contributed by atoms with Gasteiger partial charge in [-0.15, -0.1) is 0 Å². The summed E-state index contributed by atoms with van der Waals surface area (Å²) in [4.78, 5) is 23.0. The molecule has 108 valence electrons. The maximum Gasteiger partial charge on any atom is 0.335 e. The van der Waals surface area contributed by atoms with Crippen molar-refractivity contribution in [1.29, 1.82) is 0 Å². The second kappa shape index (κ2) is 6.28. The van der Waals surface area contributed by atoms with Gasteiger partial charge in [0.1, 0.15) is 5.75 Å². The highest BCUT2D eigenvalue weighted by Gasteiger charge is 2.10. The molecule has 0 aliphatic carbocycles. The van der Waals surface area contributed by atoms with Crippen LogP contribution >= 0.6 is 11.6 Å². The van der Waals surface area contributed by atoms with E-state index in [1.54, 1.807) is 24.3 Å². The highest BCUT2D eigenvalue weighted by atomic mass is 35.5. The van der Waals surface area contributed by atoms with Gasteiger partial charge in [-0.2, -0.15) is 0 Å². The molecule has 0 fully saturated rings. The minimum atomic E-state index is -1.06. The smallest absolute Gasteiger partial charge is 0.335 e. The molecule has 5 nitrogen and oxygen atoms in total. The van der Waals surface area contributed by atoms with Gasteiger partial charge in [-0.1, -0.05) is 17.7 Å². The van der Waals surface area contributed by atoms with Crippen molar-refractivity contribution in [3.05, 3.63) is 58.6 Å². The van der Waals surface area contributed by atoms with E-state index in [0.29, 0.717) is 22.0 Å². The molecule has 2 aromatic rings. The van der Waals surface area contributed by atoms with Gasteiger partial charge in [0, 0.05) is 11.3 Å². The van der Waals surface area contributed by atoms with E-state index in [2.05, 4.69) is 5.32 Å². The van der Waals surface area contributed by atoms with Gasteiger partial charge in [-0.05, 0) is 36.4 Å². The lowest BCUT2D eigenvalue weighted by molar-refractivity contribution is 0.0696. The molecule has 0 aliphatic rings. The van der Waals surface area contributed by atoms with E-state index >= 15 is 0 Å². The van der Waals surface area contributed by atoms with Crippen molar-refractivity contribution >= 4 is 29.2 Å². The molecule has 0 aromatic heterocycles. The number of aromatic carboxylic acids is 1. The van der Waals surface area contributed by atoms with E-state index in [-0.39, 0.29) is 11.5 Å². The van der Waals surface area contributed by atoms with Crippen LogP contribution in [0.3, 0.4) is 0 Å². The normalized spacial score (nSPS) is 10.0. The Morgan fingerprint density at radius 3 is 2.52 bits per heavy atom. The lowest BCUT2D eigenvalue weighted by Crippen LogP contribution is -2.12. The number of anilines is 1. The second-order valence-corrected chi connectivity index (χ2v) is 4.60. The van der Waals surface area contributed by atoms with Crippen LogP contribution in [0, 0.1) is 0 Å². The van der Waals surface area contributed by atoms with Gasteiger partial charge in [0.15, 0.2) is 0 Å². The molecule has 0 saturated heterocycles. The van der Waals surface area contributed by atoms with E-state index in [4.69, 9.17) is 21.4 Å². The van der Waals surface area contributed by atoms with E-state index in [9.17, 15) is 9.59 Å². The molecular weight excluding hydrogens is 294 g/mol. The maximum absolute atomic E-state index is 12.1. The zero-order chi connectivity index (χ0) is 15.4. The largest absolute Gasteiger partial charge is 0.495 e. The Morgan fingerprint density at radius 1 is 1.14 bits per heavy atom. The fraction of sp³-hybridized carbons (Fsp3) is 0.0667. The Hall–Kier alpha value is -2.53. The number of carboxylic acids is 1. The second-order valence-electron chi connectivity index (χ2n) is 4.19. The van der Waals surface area contributed by atoms with Crippen molar-refractivity contribution in [1.82, 2.24) is 0 Å². The summed E-state index contributed by atoms with van der Waals surface area (Å²) < 4.78 is 5.01. The lowest BCUT2D eigenvalue weighted by atomic mass is 10.1. The summed E-state index contributed by atoms with van der Waals surface area (Å²) in [6.07, 6.45) is 0. The highest BCUT2D eigenvalue weighted by Crippen LogP contribution is 2.25. The minimum Gasteiger partial charge on any atom is -0.495 e. The van der Waals surface area contributed by atoms with Gasteiger partial charge in [-0.3, -0.25) is 4.79 Å². The van der Waals surface area contributed by atoms with E-state index < -0.39 is 5.97 Å². The Morgan fingerprint density at radius 2 is 1.90 bits per heavy atom. The Balaban J connectivity index is 2.20. The highest BCUT2D eigenvalue weighted by molar-refractivity contribution is 6.32. The average Bonchev–Trinajstić information content (AvgIpc) is 2.47. The fourth-order valence-corrected chi connectivity index (χ4v) is 2.00. The number of halogens is 1. The molecule has 21 heavy (non-hydrogen) atoms. The Bertz CT molecular complexity index is 700. The van der Waals surface area contributed by atoms with Crippen LogP contribution in [0.5, 0.6) is 5.75 Å². The van der Waals surface area contributed by atoms with Gasteiger partial charge in [0.05, 0.1) is 17.7 Å². The van der Waals surface area contributed by atoms with Crippen LogP contribution in [0.2, 0.25) is 5.02 Å². The van der Waals surface area contributed by atoms with Crippen molar-refractivity contribution in [3.63, 3.8) is 0 Å². The number of carboxylic acid groups (broad SMARTS) is 1. The molecule has 0 spiro atoms. The Labute approximate surface area is 126 Å². The number of carbonyl (C=O) groups excluding carboxylic acids is 1. The minimum absolute atomic E-state index is 0.0977. The van der Waals surface area contributed by atoms with Crippen LogP contribution < -0.4 is 10.1 Å².